The highest BCUT2D eigenvalue weighted by Crippen LogP contribution is 2.00. The molecular formula is C9H16N2O5. The zero-order chi connectivity index (χ0) is 12.6. The topological polar surface area (TPSA) is 119 Å². The number of nitrogens with one attached hydrogen (secondary N) is 1. The van der Waals surface area contributed by atoms with Crippen LogP contribution in [-0.4, -0.2) is 42.1 Å². The van der Waals surface area contributed by atoms with E-state index in [-0.39, 0.29) is 26.0 Å². The maximum absolute atomic E-state index is 11.0. The monoisotopic (exact) mass is 232 g/mol. The second kappa shape index (κ2) is 7.63. The standard InChI is InChI=1S/C9H16N2O5/c1-2-16-8(13)4-3-6(9(14)15)11-7(12)5-10/h6H,2-5,10H2,1H3,(H,11,12)(H,14,15)/t6-/m0/s1. The summed E-state index contributed by atoms with van der Waals surface area (Å²) in [6, 6.07) is -1.11. The smallest absolute Gasteiger partial charge is 0.326 e. The Morgan fingerprint density at radius 3 is 2.50 bits per heavy atom. The lowest BCUT2D eigenvalue weighted by molar-refractivity contribution is -0.145. The second-order valence-corrected chi connectivity index (χ2v) is 3.01. The van der Waals surface area contributed by atoms with Gasteiger partial charge in [0.15, 0.2) is 0 Å². The van der Waals surface area contributed by atoms with Crippen molar-refractivity contribution in [2.45, 2.75) is 25.8 Å². The molecule has 16 heavy (non-hydrogen) atoms. The number of hydrogen-bond donors (Lipinski definition) is 3. The van der Waals surface area contributed by atoms with Gasteiger partial charge in [-0.3, -0.25) is 9.59 Å². The van der Waals surface area contributed by atoms with Crippen molar-refractivity contribution in [1.29, 1.82) is 0 Å². The van der Waals surface area contributed by atoms with Gasteiger partial charge < -0.3 is 20.9 Å². The Morgan fingerprint density at radius 1 is 1.44 bits per heavy atom. The van der Waals surface area contributed by atoms with Crippen molar-refractivity contribution in [1.82, 2.24) is 5.32 Å². The van der Waals surface area contributed by atoms with E-state index in [4.69, 9.17) is 10.8 Å². The minimum absolute atomic E-state index is 0.0140. The molecule has 0 unspecified atom stereocenters. The first-order chi connectivity index (χ1) is 7.51. The lowest BCUT2D eigenvalue weighted by atomic mass is 10.1. The molecule has 0 saturated heterocycles. The van der Waals surface area contributed by atoms with Crippen LogP contribution in [0.3, 0.4) is 0 Å². The summed E-state index contributed by atoms with van der Waals surface area (Å²) in [6.45, 7) is 1.61. The quantitative estimate of drug-likeness (QED) is 0.477. The fourth-order valence-corrected chi connectivity index (χ4v) is 1.01. The highest BCUT2D eigenvalue weighted by Gasteiger charge is 2.20. The molecule has 0 radical (unpaired) electrons. The predicted molar refractivity (Wildman–Crippen MR) is 54.5 cm³/mol. The van der Waals surface area contributed by atoms with Crippen LogP contribution in [0.25, 0.3) is 0 Å². The molecule has 0 aliphatic carbocycles. The van der Waals surface area contributed by atoms with E-state index in [0.717, 1.165) is 0 Å². The first-order valence-electron chi connectivity index (χ1n) is 4.89. The van der Waals surface area contributed by atoms with E-state index in [1.807, 2.05) is 0 Å². The van der Waals surface area contributed by atoms with Crippen LogP contribution < -0.4 is 11.1 Å². The molecule has 7 heteroatoms. The molecule has 0 aliphatic rings. The van der Waals surface area contributed by atoms with Gasteiger partial charge in [0.2, 0.25) is 5.91 Å². The molecule has 0 aromatic rings. The Kier molecular flexibility index (Phi) is 6.86. The van der Waals surface area contributed by atoms with Gasteiger partial charge in [0.05, 0.1) is 13.2 Å². The Morgan fingerprint density at radius 2 is 2.06 bits per heavy atom. The van der Waals surface area contributed by atoms with Crippen molar-refractivity contribution in [3.05, 3.63) is 0 Å². The molecule has 1 atom stereocenters. The first-order valence-corrected chi connectivity index (χ1v) is 4.89. The Balaban J connectivity index is 4.09. The number of nitrogens with two attached hydrogens (primary N) is 1. The molecular weight excluding hydrogens is 216 g/mol. The fourth-order valence-electron chi connectivity index (χ4n) is 1.01. The lowest BCUT2D eigenvalue weighted by Crippen LogP contribution is -2.43. The van der Waals surface area contributed by atoms with E-state index < -0.39 is 23.9 Å². The Hall–Kier alpha value is -1.63. The maximum Gasteiger partial charge on any atom is 0.326 e. The minimum Gasteiger partial charge on any atom is -0.480 e. The second-order valence-electron chi connectivity index (χ2n) is 3.01. The average Bonchev–Trinajstić information content (AvgIpc) is 2.23. The van der Waals surface area contributed by atoms with Crippen LogP contribution in [0.5, 0.6) is 0 Å². The molecule has 4 N–H and O–H groups in total. The normalized spacial score (nSPS) is 11.6. The first kappa shape index (κ1) is 14.4. The zero-order valence-corrected chi connectivity index (χ0v) is 9.06. The summed E-state index contributed by atoms with van der Waals surface area (Å²) < 4.78 is 4.63. The number of rotatable bonds is 7. The fraction of sp³-hybridized carbons (Fsp3) is 0.667. The average molecular weight is 232 g/mol. The number of amides is 1. The van der Waals surface area contributed by atoms with Crippen molar-refractivity contribution >= 4 is 17.8 Å². The number of ether oxygens (including phenoxy) is 1. The summed E-state index contributed by atoms with van der Waals surface area (Å²) in [5.74, 6) is -2.27. The molecule has 0 saturated carbocycles. The van der Waals surface area contributed by atoms with Gasteiger partial charge in [-0.1, -0.05) is 0 Å². The molecule has 0 aromatic carbocycles. The van der Waals surface area contributed by atoms with Gasteiger partial charge in [0.1, 0.15) is 6.04 Å². The van der Waals surface area contributed by atoms with Gasteiger partial charge in [0.25, 0.3) is 0 Å². The van der Waals surface area contributed by atoms with Gasteiger partial charge >= 0.3 is 11.9 Å². The van der Waals surface area contributed by atoms with Gasteiger partial charge in [0, 0.05) is 6.42 Å². The van der Waals surface area contributed by atoms with Crippen molar-refractivity contribution in [3.63, 3.8) is 0 Å². The van der Waals surface area contributed by atoms with Crippen molar-refractivity contribution in [2.24, 2.45) is 5.73 Å². The molecule has 0 aromatic heterocycles. The molecule has 7 nitrogen and oxygen atoms in total. The van der Waals surface area contributed by atoms with Crippen LogP contribution in [0.15, 0.2) is 0 Å². The summed E-state index contributed by atoms with van der Waals surface area (Å²) >= 11 is 0. The summed E-state index contributed by atoms with van der Waals surface area (Å²) in [6.07, 6.45) is -0.0738. The predicted octanol–water partition coefficient (Wildman–Crippen LogP) is -1.14. The Bertz CT molecular complexity index is 267. The summed E-state index contributed by atoms with van der Waals surface area (Å²) in [5.41, 5.74) is 5.03. The van der Waals surface area contributed by atoms with E-state index in [0.29, 0.717) is 0 Å². The van der Waals surface area contributed by atoms with E-state index in [2.05, 4.69) is 10.1 Å². The number of carbonyl (C=O) groups is 3. The van der Waals surface area contributed by atoms with Crippen molar-refractivity contribution in [3.8, 4) is 0 Å². The molecule has 0 bridgehead atoms. The van der Waals surface area contributed by atoms with Crippen LogP contribution >= 0.6 is 0 Å². The third-order valence-corrected chi connectivity index (χ3v) is 1.76. The largest absolute Gasteiger partial charge is 0.480 e. The van der Waals surface area contributed by atoms with Crippen molar-refractivity contribution in [2.75, 3.05) is 13.2 Å². The van der Waals surface area contributed by atoms with Gasteiger partial charge in [-0.15, -0.1) is 0 Å². The SMILES string of the molecule is CCOC(=O)CC[C@H](NC(=O)CN)C(=O)O. The number of carboxylic acids is 1. The molecule has 0 heterocycles. The van der Waals surface area contributed by atoms with Gasteiger partial charge in [-0.2, -0.15) is 0 Å². The molecule has 0 aliphatic heterocycles. The van der Waals surface area contributed by atoms with E-state index >= 15 is 0 Å². The minimum atomic E-state index is -1.20. The zero-order valence-electron chi connectivity index (χ0n) is 9.06. The number of carboxylic acid groups (broad SMARTS) is 1. The van der Waals surface area contributed by atoms with Crippen LogP contribution in [-0.2, 0) is 19.1 Å². The Labute approximate surface area is 92.9 Å². The van der Waals surface area contributed by atoms with Crippen LogP contribution in [0, 0.1) is 0 Å². The molecule has 1 amide bonds. The van der Waals surface area contributed by atoms with Crippen LogP contribution in [0.2, 0.25) is 0 Å². The van der Waals surface area contributed by atoms with Gasteiger partial charge in [-0.25, -0.2) is 4.79 Å². The van der Waals surface area contributed by atoms with E-state index in [1.165, 1.54) is 0 Å². The summed E-state index contributed by atoms with van der Waals surface area (Å²) in [7, 11) is 0. The van der Waals surface area contributed by atoms with Gasteiger partial charge in [-0.05, 0) is 13.3 Å². The number of carbonyl (C=O) groups excluding carboxylic acids is 2. The third kappa shape index (κ3) is 5.97. The van der Waals surface area contributed by atoms with Crippen LogP contribution in [0.4, 0.5) is 0 Å². The third-order valence-electron chi connectivity index (χ3n) is 1.76. The summed E-state index contributed by atoms with van der Waals surface area (Å²) in [4.78, 5) is 32.6. The highest BCUT2D eigenvalue weighted by molar-refractivity contribution is 5.84. The van der Waals surface area contributed by atoms with Crippen LogP contribution in [0.1, 0.15) is 19.8 Å². The van der Waals surface area contributed by atoms with Crippen molar-refractivity contribution < 1.29 is 24.2 Å². The maximum atomic E-state index is 11.0. The van der Waals surface area contributed by atoms with E-state index in [1.54, 1.807) is 6.92 Å². The number of esters is 1. The number of hydrogen-bond acceptors (Lipinski definition) is 5. The molecule has 0 fully saturated rings. The highest BCUT2D eigenvalue weighted by atomic mass is 16.5. The van der Waals surface area contributed by atoms with E-state index in [9.17, 15) is 14.4 Å². The summed E-state index contributed by atoms with van der Waals surface area (Å²) in [5, 5.41) is 10.9. The molecule has 0 spiro atoms. The lowest BCUT2D eigenvalue weighted by Gasteiger charge is -2.13. The molecule has 92 valence electrons. The molecule has 0 rings (SSSR count). The number of aliphatic carboxylic acids is 1.